The summed E-state index contributed by atoms with van der Waals surface area (Å²) in [6, 6.07) is 0.0341. The first-order chi connectivity index (χ1) is 9.84. The normalized spacial score (nSPS) is 21.5. The van der Waals surface area contributed by atoms with Crippen LogP contribution in [0.1, 0.15) is 19.3 Å². The molecule has 2 fully saturated rings. The highest BCUT2D eigenvalue weighted by molar-refractivity contribution is 5.85. The summed E-state index contributed by atoms with van der Waals surface area (Å²) < 4.78 is 0. The molecule has 3 heterocycles. The Labute approximate surface area is 143 Å². The summed E-state index contributed by atoms with van der Waals surface area (Å²) >= 11 is 0. The van der Waals surface area contributed by atoms with Crippen LogP contribution in [0.15, 0.2) is 18.6 Å². The third kappa shape index (κ3) is 4.44. The lowest BCUT2D eigenvalue weighted by molar-refractivity contribution is -0.134. The highest BCUT2D eigenvalue weighted by Crippen LogP contribution is 2.14. The summed E-state index contributed by atoms with van der Waals surface area (Å²) in [6.45, 7) is 4.17. The number of carbonyl (C=O) groups excluding carboxylic acids is 1. The molecule has 22 heavy (non-hydrogen) atoms. The van der Waals surface area contributed by atoms with Crippen LogP contribution >= 0.6 is 24.8 Å². The van der Waals surface area contributed by atoms with Crippen molar-refractivity contribution >= 4 is 36.5 Å². The SMILES string of the molecule is Cl.Cl.O=C(C1CCCCN1)N1CCN(c2cnccn2)CC1. The van der Waals surface area contributed by atoms with Crippen molar-refractivity contribution in [3.8, 4) is 0 Å². The van der Waals surface area contributed by atoms with Gasteiger partial charge in [0.1, 0.15) is 5.82 Å². The first kappa shape index (κ1) is 18.9. The number of nitrogens with zero attached hydrogens (tertiary/aromatic N) is 4. The van der Waals surface area contributed by atoms with Crippen molar-refractivity contribution < 1.29 is 4.79 Å². The van der Waals surface area contributed by atoms with Crippen LogP contribution in [0.4, 0.5) is 5.82 Å². The van der Waals surface area contributed by atoms with Gasteiger partial charge in [0.05, 0.1) is 12.2 Å². The highest BCUT2D eigenvalue weighted by Gasteiger charge is 2.28. The van der Waals surface area contributed by atoms with Gasteiger partial charge in [-0.25, -0.2) is 4.98 Å². The molecule has 2 saturated heterocycles. The molecule has 0 saturated carbocycles. The van der Waals surface area contributed by atoms with E-state index in [1.54, 1.807) is 18.6 Å². The molecule has 1 amide bonds. The van der Waals surface area contributed by atoms with E-state index in [0.717, 1.165) is 51.4 Å². The standard InChI is InChI=1S/C14H21N5O.2ClH/c20-14(12-3-1-2-4-16-12)19-9-7-18(8-10-19)13-11-15-5-6-17-13;;/h5-6,11-12,16H,1-4,7-10H2;2*1H. The minimum Gasteiger partial charge on any atom is -0.352 e. The molecule has 0 aliphatic carbocycles. The van der Waals surface area contributed by atoms with Crippen LogP contribution in [0.2, 0.25) is 0 Å². The minimum atomic E-state index is 0. The van der Waals surface area contributed by atoms with E-state index in [2.05, 4.69) is 20.2 Å². The maximum absolute atomic E-state index is 12.4. The van der Waals surface area contributed by atoms with Gasteiger partial charge in [0.2, 0.25) is 5.91 Å². The van der Waals surface area contributed by atoms with Gasteiger partial charge in [-0.15, -0.1) is 24.8 Å². The van der Waals surface area contributed by atoms with Gasteiger partial charge in [0, 0.05) is 38.6 Å². The van der Waals surface area contributed by atoms with E-state index in [4.69, 9.17) is 0 Å². The molecule has 1 atom stereocenters. The monoisotopic (exact) mass is 347 g/mol. The maximum atomic E-state index is 12.4. The molecule has 1 aromatic heterocycles. The van der Waals surface area contributed by atoms with Crippen molar-refractivity contribution in [3.05, 3.63) is 18.6 Å². The Morgan fingerprint density at radius 1 is 1.14 bits per heavy atom. The Hall–Kier alpha value is -1.11. The molecule has 1 unspecified atom stereocenters. The molecule has 124 valence electrons. The van der Waals surface area contributed by atoms with Gasteiger partial charge in [0.25, 0.3) is 0 Å². The van der Waals surface area contributed by atoms with Gasteiger partial charge in [-0.3, -0.25) is 9.78 Å². The van der Waals surface area contributed by atoms with E-state index >= 15 is 0 Å². The fraction of sp³-hybridized carbons (Fsp3) is 0.643. The van der Waals surface area contributed by atoms with Crippen LogP contribution in [0, 0.1) is 0 Å². The summed E-state index contributed by atoms with van der Waals surface area (Å²) in [5, 5.41) is 3.33. The average Bonchev–Trinajstić information content (AvgIpc) is 2.56. The first-order valence-electron chi connectivity index (χ1n) is 7.38. The molecular formula is C14H23Cl2N5O. The predicted octanol–water partition coefficient (Wildman–Crippen LogP) is 1.11. The van der Waals surface area contributed by atoms with Crippen molar-refractivity contribution in [3.63, 3.8) is 0 Å². The number of aromatic nitrogens is 2. The Kier molecular flexibility index (Phi) is 7.85. The second-order valence-electron chi connectivity index (χ2n) is 5.38. The Morgan fingerprint density at radius 2 is 1.91 bits per heavy atom. The van der Waals surface area contributed by atoms with Crippen LogP contribution < -0.4 is 10.2 Å². The third-order valence-corrected chi connectivity index (χ3v) is 4.07. The Balaban J connectivity index is 0.00000121. The molecule has 2 aliphatic rings. The van der Waals surface area contributed by atoms with Gasteiger partial charge in [-0.1, -0.05) is 6.42 Å². The Bertz CT molecular complexity index is 448. The number of hydrogen-bond donors (Lipinski definition) is 1. The molecule has 2 aliphatic heterocycles. The van der Waals surface area contributed by atoms with Crippen molar-refractivity contribution in [1.29, 1.82) is 0 Å². The number of halogens is 2. The molecule has 3 rings (SSSR count). The van der Waals surface area contributed by atoms with E-state index in [-0.39, 0.29) is 36.8 Å². The number of amides is 1. The number of piperazine rings is 1. The van der Waals surface area contributed by atoms with Crippen LogP contribution in [0.3, 0.4) is 0 Å². The first-order valence-corrected chi connectivity index (χ1v) is 7.38. The van der Waals surface area contributed by atoms with E-state index in [0.29, 0.717) is 0 Å². The fourth-order valence-electron chi connectivity index (χ4n) is 2.89. The zero-order valence-electron chi connectivity index (χ0n) is 12.5. The molecule has 1 aromatic rings. The zero-order chi connectivity index (χ0) is 13.8. The molecule has 6 nitrogen and oxygen atoms in total. The second kappa shape index (κ2) is 9.12. The third-order valence-electron chi connectivity index (χ3n) is 4.07. The highest BCUT2D eigenvalue weighted by atomic mass is 35.5. The average molecular weight is 348 g/mol. The minimum absolute atomic E-state index is 0. The lowest BCUT2D eigenvalue weighted by Crippen LogP contribution is -2.55. The van der Waals surface area contributed by atoms with Crippen molar-refractivity contribution in [1.82, 2.24) is 20.2 Å². The quantitative estimate of drug-likeness (QED) is 0.868. The number of piperidine rings is 1. The molecule has 0 spiro atoms. The van der Waals surface area contributed by atoms with Crippen LogP contribution in [0.5, 0.6) is 0 Å². The number of carbonyl (C=O) groups is 1. The summed E-state index contributed by atoms with van der Waals surface area (Å²) in [6.07, 6.45) is 8.48. The molecular weight excluding hydrogens is 325 g/mol. The van der Waals surface area contributed by atoms with E-state index in [1.165, 1.54) is 6.42 Å². The van der Waals surface area contributed by atoms with Crippen LogP contribution in [0.25, 0.3) is 0 Å². The topological polar surface area (TPSA) is 61.4 Å². The number of anilines is 1. The number of nitrogens with one attached hydrogen (secondary N) is 1. The summed E-state index contributed by atoms with van der Waals surface area (Å²) in [5.74, 6) is 1.17. The van der Waals surface area contributed by atoms with Crippen molar-refractivity contribution in [2.75, 3.05) is 37.6 Å². The molecule has 0 aromatic carbocycles. The summed E-state index contributed by atoms with van der Waals surface area (Å²) in [4.78, 5) is 25.0. The largest absolute Gasteiger partial charge is 0.352 e. The molecule has 0 bridgehead atoms. The predicted molar refractivity (Wildman–Crippen MR) is 91.0 cm³/mol. The Morgan fingerprint density at radius 3 is 2.50 bits per heavy atom. The summed E-state index contributed by atoms with van der Waals surface area (Å²) in [5.41, 5.74) is 0. The molecule has 0 radical (unpaired) electrons. The zero-order valence-corrected chi connectivity index (χ0v) is 14.1. The van der Waals surface area contributed by atoms with Gasteiger partial charge >= 0.3 is 0 Å². The smallest absolute Gasteiger partial charge is 0.239 e. The maximum Gasteiger partial charge on any atom is 0.239 e. The van der Waals surface area contributed by atoms with E-state index < -0.39 is 0 Å². The van der Waals surface area contributed by atoms with E-state index in [1.807, 2.05) is 4.90 Å². The van der Waals surface area contributed by atoms with E-state index in [9.17, 15) is 4.79 Å². The summed E-state index contributed by atoms with van der Waals surface area (Å²) in [7, 11) is 0. The number of rotatable bonds is 2. The van der Waals surface area contributed by atoms with Gasteiger partial charge in [-0.05, 0) is 19.4 Å². The molecule has 8 heteroatoms. The lowest BCUT2D eigenvalue weighted by atomic mass is 10.0. The number of hydrogen-bond acceptors (Lipinski definition) is 5. The second-order valence-corrected chi connectivity index (χ2v) is 5.38. The van der Waals surface area contributed by atoms with Crippen LogP contribution in [-0.4, -0.2) is 59.5 Å². The van der Waals surface area contributed by atoms with Crippen molar-refractivity contribution in [2.45, 2.75) is 25.3 Å². The van der Waals surface area contributed by atoms with Gasteiger partial charge in [0.15, 0.2) is 0 Å². The van der Waals surface area contributed by atoms with Crippen LogP contribution in [-0.2, 0) is 4.79 Å². The fourth-order valence-corrected chi connectivity index (χ4v) is 2.89. The lowest BCUT2D eigenvalue weighted by Gasteiger charge is -2.37. The van der Waals surface area contributed by atoms with Gasteiger partial charge < -0.3 is 15.1 Å². The molecule has 1 N–H and O–H groups in total. The van der Waals surface area contributed by atoms with Crippen molar-refractivity contribution in [2.24, 2.45) is 0 Å². The van der Waals surface area contributed by atoms with Gasteiger partial charge in [-0.2, -0.15) is 0 Å².